The van der Waals surface area contributed by atoms with Crippen molar-refractivity contribution < 1.29 is 9.59 Å². The maximum Gasteiger partial charge on any atom is 0.231 e. The Labute approximate surface area is 155 Å². The van der Waals surface area contributed by atoms with Crippen LogP contribution in [0.25, 0.3) is 0 Å². The molecule has 0 aromatic carbocycles. The van der Waals surface area contributed by atoms with Crippen LogP contribution in [0.1, 0.15) is 62.8 Å². The number of primary amides is 1. The Morgan fingerprint density at radius 1 is 1.27 bits per heavy atom. The van der Waals surface area contributed by atoms with Crippen LogP contribution < -0.4 is 5.73 Å². The number of nitrogens with one attached hydrogen (secondary N) is 1. The summed E-state index contributed by atoms with van der Waals surface area (Å²) in [5.74, 6) is 0.803. The van der Waals surface area contributed by atoms with Gasteiger partial charge in [-0.05, 0) is 44.2 Å². The summed E-state index contributed by atoms with van der Waals surface area (Å²) in [5.41, 5.74) is 7.60. The first-order valence-electron chi connectivity index (χ1n) is 9.78. The van der Waals surface area contributed by atoms with Crippen molar-refractivity contribution >= 4 is 11.8 Å². The fourth-order valence-electron chi connectivity index (χ4n) is 4.15. The van der Waals surface area contributed by atoms with Crippen molar-refractivity contribution in [2.24, 2.45) is 11.7 Å². The second-order valence-corrected chi connectivity index (χ2v) is 8.04. The van der Waals surface area contributed by atoms with E-state index in [9.17, 15) is 9.59 Å². The van der Waals surface area contributed by atoms with Crippen molar-refractivity contribution in [1.82, 2.24) is 20.0 Å². The van der Waals surface area contributed by atoms with E-state index in [1.807, 2.05) is 9.80 Å². The smallest absolute Gasteiger partial charge is 0.231 e. The van der Waals surface area contributed by atoms with Gasteiger partial charge in [0.1, 0.15) is 0 Å². The van der Waals surface area contributed by atoms with Crippen molar-refractivity contribution in [3.63, 3.8) is 0 Å². The van der Waals surface area contributed by atoms with Gasteiger partial charge in [0.25, 0.3) is 0 Å². The molecule has 2 aliphatic heterocycles. The normalized spacial score (nSPS) is 22.7. The lowest BCUT2D eigenvalue weighted by Gasteiger charge is -2.37. The summed E-state index contributed by atoms with van der Waals surface area (Å²) in [6, 6.07) is 2.18. The molecule has 2 fully saturated rings. The molecule has 2 amide bonds. The van der Waals surface area contributed by atoms with E-state index in [1.165, 1.54) is 5.69 Å². The lowest BCUT2D eigenvalue weighted by molar-refractivity contribution is -0.139. The molecule has 1 aromatic rings. The van der Waals surface area contributed by atoms with E-state index in [-0.39, 0.29) is 24.3 Å². The number of piperidine rings is 2. The maximum absolute atomic E-state index is 12.9. The Kier molecular flexibility index (Phi) is 5.96. The number of nitrogens with two attached hydrogens (primary N) is 1. The molecule has 2 saturated heterocycles. The first-order valence-corrected chi connectivity index (χ1v) is 9.78. The molecule has 7 nitrogen and oxygen atoms in total. The summed E-state index contributed by atoms with van der Waals surface area (Å²) >= 11 is 0. The summed E-state index contributed by atoms with van der Waals surface area (Å²) in [6.07, 6.45) is 3.81. The fourth-order valence-corrected chi connectivity index (χ4v) is 4.15. The van der Waals surface area contributed by atoms with Gasteiger partial charge in [-0.2, -0.15) is 5.10 Å². The first-order chi connectivity index (χ1) is 12.4. The summed E-state index contributed by atoms with van der Waals surface area (Å²) in [7, 11) is 0. The SMILES string of the molecule is CC(C)c1cc(C2CCN(C(=O)[C@H]3CCCN(CC(N)=O)C3)CC2)[nH]n1. The van der Waals surface area contributed by atoms with Gasteiger partial charge in [0.2, 0.25) is 11.8 Å². The van der Waals surface area contributed by atoms with Gasteiger partial charge in [-0.25, -0.2) is 0 Å². The number of carbonyl (C=O) groups is 2. The van der Waals surface area contributed by atoms with Crippen LogP contribution in [-0.2, 0) is 9.59 Å². The van der Waals surface area contributed by atoms with Gasteiger partial charge in [0.05, 0.1) is 18.2 Å². The second-order valence-electron chi connectivity index (χ2n) is 8.04. The van der Waals surface area contributed by atoms with Crippen LogP contribution in [-0.4, -0.2) is 64.5 Å². The number of rotatable bonds is 5. The van der Waals surface area contributed by atoms with Crippen LogP contribution in [0.5, 0.6) is 0 Å². The van der Waals surface area contributed by atoms with E-state index in [4.69, 9.17) is 5.73 Å². The summed E-state index contributed by atoms with van der Waals surface area (Å²) in [4.78, 5) is 28.0. The fraction of sp³-hybridized carbons (Fsp3) is 0.737. The lowest BCUT2D eigenvalue weighted by atomic mass is 9.90. The molecule has 7 heteroatoms. The zero-order chi connectivity index (χ0) is 18.7. The number of aromatic amines is 1. The van der Waals surface area contributed by atoms with Crippen molar-refractivity contribution in [3.8, 4) is 0 Å². The van der Waals surface area contributed by atoms with Gasteiger partial charge in [-0.15, -0.1) is 0 Å². The lowest BCUT2D eigenvalue weighted by Crippen LogP contribution is -2.48. The number of hydrogen-bond donors (Lipinski definition) is 2. The first kappa shape index (κ1) is 18.9. The van der Waals surface area contributed by atoms with Crippen molar-refractivity contribution in [3.05, 3.63) is 17.5 Å². The quantitative estimate of drug-likeness (QED) is 0.829. The Morgan fingerprint density at radius 2 is 2.00 bits per heavy atom. The number of amides is 2. The van der Waals surface area contributed by atoms with Crippen LogP contribution in [0.15, 0.2) is 6.07 Å². The van der Waals surface area contributed by atoms with Gasteiger partial charge < -0.3 is 10.6 Å². The molecule has 3 N–H and O–H groups in total. The van der Waals surface area contributed by atoms with E-state index < -0.39 is 0 Å². The highest BCUT2D eigenvalue weighted by Crippen LogP contribution is 2.29. The molecule has 144 valence electrons. The molecule has 1 atom stereocenters. The van der Waals surface area contributed by atoms with Crippen LogP contribution >= 0.6 is 0 Å². The van der Waals surface area contributed by atoms with Gasteiger partial charge in [-0.1, -0.05) is 13.8 Å². The molecule has 26 heavy (non-hydrogen) atoms. The molecule has 3 rings (SSSR count). The van der Waals surface area contributed by atoms with Crippen molar-refractivity contribution in [2.45, 2.75) is 51.4 Å². The predicted octanol–water partition coefficient (Wildman–Crippen LogP) is 1.44. The number of nitrogens with zero attached hydrogens (tertiary/aromatic N) is 3. The Morgan fingerprint density at radius 3 is 2.62 bits per heavy atom. The second kappa shape index (κ2) is 8.20. The van der Waals surface area contributed by atoms with Gasteiger partial charge in [0.15, 0.2) is 0 Å². The van der Waals surface area contributed by atoms with Crippen LogP contribution in [0.3, 0.4) is 0 Å². The number of H-pyrrole nitrogens is 1. The number of likely N-dealkylation sites (tertiary alicyclic amines) is 2. The van der Waals surface area contributed by atoms with Crippen LogP contribution in [0, 0.1) is 5.92 Å². The van der Waals surface area contributed by atoms with Gasteiger partial charge in [0, 0.05) is 31.2 Å². The molecular weight excluding hydrogens is 330 g/mol. The predicted molar refractivity (Wildman–Crippen MR) is 99.6 cm³/mol. The average molecular weight is 361 g/mol. The molecule has 0 aliphatic carbocycles. The van der Waals surface area contributed by atoms with Crippen molar-refractivity contribution in [2.75, 3.05) is 32.7 Å². The van der Waals surface area contributed by atoms with E-state index in [0.29, 0.717) is 18.4 Å². The minimum atomic E-state index is -0.320. The molecule has 0 bridgehead atoms. The highest BCUT2D eigenvalue weighted by molar-refractivity contribution is 5.80. The largest absolute Gasteiger partial charge is 0.369 e. The van der Waals surface area contributed by atoms with Crippen LogP contribution in [0.4, 0.5) is 0 Å². The molecule has 3 heterocycles. The number of hydrogen-bond acceptors (Lipinski definition) is 4. The number of aromatic nitrogens is 2. The van der Waals surface area contributed by atoms with E-state index >= 15 is 0 Å². The third kappa shape index (κ3) is 4.44. The minimum Gasteiger partial charge on any atom is -0.369 e. The summed E-state index contributed by atoms with van der Waals surface area (Å²) in [6.45, 7) is 7.65. The topological polar surface area (TPSA) is 95.3 Å². The van der Waals surface area contributed by atoms with Crippen molar-refractivity contribution in [1.29, 1.82) is 0 Å². The molecular formula is C19H31N5O2. The monoisotopic (exact) mass is 361 g/mol. The summed E-state index contributed by atoms with van der Waals surface area (Å²) in [5, 5.41) is 7.59. The molecule has 1 aromatic heterocycles. The zero-order valence-corrected chi connectivity index (χ0v) is 15.9. The third-order valence-electron chi connectivity index (χ3n) is 5.69. The van der Waals surface area contributed by atoms with Gasteiger partial charge >= 0.3 is 0 Å². The molecule has 0 saturated carbocycles. The maximum atomic E-state index is 12.9. The standard InChI is InChI=1S/C19H31N5O2/c1-13(2)16-10-17(22-21-16)14-5-8-24(9-6-14)19(26)15-4-3-7-23(11-15)12-18(20)25/h10,13-15H,3-9,11-12H2,1-2H3,(H2,20,25)(H,21,22)/t15-/m0/s1. The zero-order valence-electron chi connectivity index (χ0n) is 15.9. The third-order valence-corrected chi connectivity index (χ3v) is 5.69. The molecule has 0 radical (unpaired) electrons. The minimum absolute atomic E-state index is 0.000604. The molecule has 2 aliphatic rings. The number of carbonyl (C=O) groups excluding carboxylic acids is 2. The molecule has 0 spiro atoms. The van der Waals surface area contributed by atoms with E-state index in [0.717, 1.165) is 51.0 Å². The Bertz CT molecular complexity index is 634. The average Bonchev–Trinajstić information content (AvgIpc) is 3.11. The van der Waals surface area contributed by atoms with E-state index in [2.05, 4.69) is 30.1 Å². The van der Waals surface area contributed by atoms with Gasteiger partial charge in [-0.3, -0.25) is 19.6 Å². The summed E-state index contributed by atoms with van der Waals surface area (Å²) < 4.78 is 0. The Balaban J connectivity index is 1.52. The van der Waals surface area contributed by atoms with Crippen LogP contribution in [0.2, 0.25) is 0 Å². The highest BCUT2D eigenvalue weighted by Gasteiger charge is 2.32. The van der Waals surface area contributed by atoms with E-state index in [1.54, 1.807) is 0 Å². The molecule has 0 unspecified atom stereocenters. The highest BCUT2D eigenvalue weighted by atomic mass is 16.2. The Hall–Kier alpha value is -1.89.